The zero-order chi connectivity index (χ0) is 15.5. The van der Waals surface area contributed by atoms with Crippen molar-refractivity contribution >= 4 is 39.3 Å². The Balaban J connectivity index is 1.79. The smallest absolute Gasteiger partial charge is 0.210 e. The predicted molar refractivity (Wildman–Crippen MR) is 94.3 cm³/mol. The number of rotatable bonds is 4. The second-order valence-corrected chi connectivity index (χ2v) is 6.80. The first-order chi connectivity index (χ1) is 10.6. The Labute approximate surface area is 145 Å². The maximum Gasteiger partial charge on any atom is 0.210 e. The van der Waals surface area contributed by atoms with Crippen LogP contribution in [0.2, 0.25) is 5.02 Å². The van der Waals surface area contributed by atoms with E-state index in [0.29, 0.717) is 16.0 Å². The van der Waals surface area contributed by atoms with Gasteiger partial charge in [0.1, 0.15) is 0 Å². The van der Waals surface area contributed by atoms with Crippen LogP contribution >= 0.6 is 39.3 Å². The van der Waals surface area contributed by atoms with Crippen molar-refractivity contribution in [1.29, 1.82) is 0 Å². The summed E-state index contributed by atoms with van der Waals surface area (Å²) >= 11 is 11.0. The molecule has 1 aromatic heterocycles. The van der Waals surface area contributed by atoms with Gasteiger partial charge in [0.2, 0.25) is 5.16 Å². The quantitative estimate of drug-likeness (QED) is 0.526. The monoisotopic (exact) mass is 394 g/mol. The lowest BCUT2D eigenvalue weighted by molar-refractivity contribution is 0.849. The Morgan fingerprint density at radius 2 is 1.82 bits per heavy atom. The highest BCUT2D eigenvalue weighted by Crippen LogP contribution is 2.27. The molecule has 112 valence electrons. The van der Waals surface area contributed by atoms with Crippen molar-refractivity contribution in [1.82, 2.24) is 14.9 Å². The fraction of sp³-hybridized carbons (Fsp3) is 0.0667. The van der Waals surface area contributed by atoms with Crippen molar-refractivity contribution in [3.63, 3.8) is 0 Å². The molecule has 0 aliphatic heterocycles. The van der Waals surface area contributed by atoms with Gasteiger partial charge in [0.15, 0.2) is 5.82 Å². The van der Waals surface area contributed by atoms with Crippen LogP contribution in [0.4, 0.5) is 0 Å². The SMILES string of the molecule is Nn1c(SCc2ccccc2Br)nnc1-c1ccc(Cl)cc1. The van der Waals surface area contributed by atoms with E-state index in [1.807, 2.05) is 30.3 Å². The van der Waals surface area contributed by atoms with Crippen molar-refractivity contribution in [2.75, 3.05) is 5.84 Å². The van der Waals surface area contributed by atoms with Gasteiger partial charge in [-0.2, -0.15) is 0 Å². The fourth-order valence-electron chi connectivity index (χ4n) is 1.93. The molecule has 3 aromatic rings. The number of aromatic nitrogens is 3. The molecule has 0 unspecified atom stereocenters. The summed E-state index contributed by atoms with van der Waals surface area (Å²) in [6.45, 7) is 0. The van der Waals surface area contributed by atoms with Gasteiger partial charge in [-0.15, -0.1) is 10.2 Å². The number of thioether (sulfide) groups is 1. The summed E-state index contributed by atoms with van der Waals surface area (Å²) in [6, 6.07) is 15.4. The van der Waals surface area contributed by atoms with E-state index in [9.17, 15) is 0 Å². The van der Waals surface area contributed by atoms with Gasteiger partial charge < -0.3 is 5.84 Å². The van der Waals surface area contributed by atoms with E-state index in [4.69, 9.17) is 17.4 Å². The van der Waals surface area contributed by atoms with E-state index < -0.39 is 0 Å². The average molecular weight is 396 g/mol. The number of halogens is 2. The van der Waals surface area contributed by atoms with Gasteiger partial charge in [-0.3, -0.25) is 0 Å². The van der Waals surface area contributed by atoms with Gasteiger partial charge in [0.05, 0.1) is 0 Å². The number of benzene rings is 2. The van der Waals surface area contributed by atoms with Crippen molar-refractivity contribution in [3.8, 4) is 11.4 Å². The van der Waals surface area contributed by atoms with E-state index in [-0.39, 0.29) is 0 Å². The number of hydrogen-bond donors (Lipinski definition) is 1. The van der Waals surface area contributed by atoms with E-state index in [1.165, 1.54) is 10.2 Å². The third-order valence-corrected chi connectivity index (χ3v) is 5.10. The topological polar surface area (TPSA) is 56.7 Å². The molecule has 0 saturated carbocycles. The summed E-state index contributed by atoms with van der Waals surface area (Å²) in [7, 11) is 0. The van der Waals surface area contributed by atoms with Crippen LogP contribution in [0.3, 0.4) is 0 Å². The highest BCUT2D eigenvalue weighted by molar-refractivity contribution is 9.10. The molecule has 7 heteroatoms. The second-order valence-electron chi connectivity index (χ2n) is 4.56. The molecule has 0 radical (unpaired) electrons. The zero-order valence-electron chi connectivity index (χ0n) is 11.4. The molecule has 0 aliphatic rings. The third kappa shape index (κ3) is 3.29. The molecule has 2 N–H and O–H groups in total. The normalized spacial score (nSPS) is 10.8. The molecule has 0 amide bonds. The molecule has 0 spiro atoms. The van der Waals surface area contributed by atoms with Crippen LogP contribution in [0.25, 0.3) is 11.4 Å². The molecule has 0 aliphatic carbocycles. The molecule has 0 atom stereocenters. The van der Waals surface area contributed by atoms with Crippen LogP contribution < -0.4 is 5.84 Å². The Kier molecular flexibility index (Phi) is 4.71. The van der Waals surface area contributed by atoms with E-state index >= 15 is 0 Å². The van der Waals surface area contributed by atoms with E-state index in [2.05, 4.69) is 32.2 Å². The lowest BCUT2D eigenvalue weighted by Gasteiger charge is -2.05. The third-order valence-electron chi connectivity index (χ3n) is 3.08. The molecule has 0 saturated heterocycles. The summed E-state index contributed by atoms with van der Waals surface area (Å²) in [6.07, 6.45) is 0. The largest absolute Gasteiger partial charge is 0.335 e. The first kappa shape index (κ1) is 15.4. The maximum atomic E-state index is 6.10. The Hall–Kier alpha value is -1.50. The number of nitrogens with zero attached hydrogens (tertiary/aromatic N) is 3. The van der Waals surface area contributed by atoms with Crippen molar-refractivity contribution in [2.45, 2.75) is 10.9 Å². The maximum absolute atomic E-state index is 6.10. The van der Waals surface area contributed by atoms with Crippen molar-refractivity contribution in [3.05, 3.63) is 63.6 Å². The number of nitrogens with two attached hydrogens (primary N) is 1. The van der Waals surface area contributed by atoms with Gasteiger partial charge in [-0.1, -0.05) is 57.5 Å². The minimum Gasteiger partial charge on any atom is -0.335 e. The first-order valence-corrected chi connectivity index (χ1v) is 8.63. The fourth-order valence-corrected chi connectivity index (χ4v) is 3.53. The zero-order valence-corrected chi connectivity index (χ0v) is 14.6. The lowest BCUT2D eigenvalue weighted by Crippen LogP contribution is -2.11. The van der Waals surface area contributed by atoms with Gasteiger partial charge in [-0.25, -0.2) is 4.68 Å². The first-order valence-electron chi connectivity index (χ1n) is 6.48. The van der Waals surface area contributed by atoms with E-state index in [0.717, 1.165) is 15.8 Å². The molecular formula is C15H12BrClN4S. The highest BCUT2D eigenvalue weighted by Gasteiger charge is 2.12. The standard InChI is InChI=1S/C15H12BrClN4S/c16-13-4-2-1-3-11(13)9-22-15-20-19-14(21(15)18)10-5-7-12(17)8-6-10/h1-8H,9,18H2. The van der Waals surface area contributed by atoms with Gasteiger partial charge in [0, 0.05) is 20.8 Å². The number of hydrogen-bond acceptors (Lipinski definition) is 4. The van der Waals surface area contributed by atoms with Gasteiger partial charge >= 0.3 is 0 Å². The Morgan fingerprint density at radius 3 is 2.55 bits per heavy atom. The molecule has 3 rings (SSSR count). The minimum atomic E-state index is 0.617. The summed E-state index contributed by atoms with van der Waals surface area (Å²) in [5.74, 6) is 7.48. The van der Waals surface area contributed by atoms with Crippen molar-refractivity contribution < 1.29 is 0 Å². The lowest BCUT2D eigenvalue weighted by atomic mass is 10.2. The van der Waals surface area contributed by atoms with Crippen LogP contribution in [0, 0.1) is 0 Å². The van der Waals surface area contributed by atoms with Crippen LogP contribution in [0.1, 0.15) is 5.56 Å². The van der Waals surface area contributed by atoms with Crippen LogP contribution in [0.5, 0.6) is 0 Å². The second kappa shape index (κ2) is 6.73. The molecule has 4 nitrogen and oxygen atoms in total. The van der Waals surface area contributed by atoms with Crippen molar-refractivity contribution in [2.24, 2.45) is 0 Å². The summed E-state index contributed by atoms with van der Waals surface area (Å²) in [4.78, 5) is 0. The van der Waals surface area contributed by atoms with Crippen LogP contribution in [0.15, 0.2) is 58.2 Å². The van der Waals surface area contributed by atoms with Crippen LogP contribution in [-0.4, -0.2) is 14.9 Å². The predicted octanol–water partition coefficient (Wildman–Crippen LogP) is 4.37. The molecule has 0 fully saturated rings. The van der Waals surface area contributed by atoms with Gasteiger partial charge in [0.25, 0.3) is 0 Å². The Bertz CT molecular complexity index is 788. The summed E-state index contributed by atoms with van der Waals surface area (Å²) in [5.41, 5.74) is 2.07. The molecule has 2 aromatic carbocycles. The van der Waals surface area contributed by atoms with Gasteiger partial charge in [-0.05, 0) is 35.9 Å². The Morgan fingerprint density at radius 1 is 1.09 bits per heavy atom. The molecule has 22 heavy (non-hydrogen) atoms. The molecule has 0 bridgehead atoms. The number of nitrogen functional groups attached to an aromatic ring is 1. The summed E-state index contributed by atoms with van der Waals surface area (Å²) < 4.78 is 2.58. The molecule has 1 heterocycles. The summed E-state index contributed by atoms with van der Waals surface area (Å²) in [5, 5.41) is 9.67. The van der Waals surface area contributed by atoms with E-state index in [1.54, 1.807) is 23.9 Å². The minimum absolute atomic E-state index is 0.617. The molecular weight excluding hydrogens is 384 g/mol. The highest BCUT2D eigenvalue weighted by atomic mass is 79.9. The average Bonchev–Trinajstić information content (AvgIpc) is 2.88. The van der Waals surface area contributed by atoms with Crippen LogP contribution in [-0.2, 0) is 5.75 Å².